The maximum Gasteiger partial charge on any atom is 0.317 e. The van der Waals surface area contributed by atoms with Crippen LogP contribution in [0.1, 0.15) is 31.2 Å². The third-order valence-corrected chi connectivity index (χ3v) is 6.98. The van der Waals surface area contributed by atoms with Gasteiger partial charge in [0.25, 0.3) is 0 Å². The summed E-state index contributed by atoms with van der Waals surface area (Å²) < 4.78 is 0. The highest BCUT2D eigenvalue weighted by molar-refractivity contribution is 8.01. The van der Waals surface area contributed by atoms with E-state index in [0.29, 0.717) is 11.6 Å². The summed E-state index contributed by atoms with van der Waals surface area (Å²) in [4.78, 5) is 30.9. The number of carbonyl (C=O) groups is 2. The van der Waals surface area contributed by atoms with Crippen molar-refractivity contribution in [1.82, 2.24) is 20.0 Å². The summed E-state index contributed by atoms with van der Waals surface area (Å²) >= 11 is 8.05. The predicted octanol–water partition coefficient (Wildman–Crippen LogP) is 3.04. The summed E-state index contributed by atoms with van der Waals surface area (Å²) in [7, 11) is 0. The van der Waals surface area contributed by atoms with Gasteiger partial charge in [-0.15, -0.1) is 11.8 Å². The summed E-state index contributed by atoms with van der Waals surface area (Å²) in [5, 5.41) is 3.56. The van der Waals surface area contributed by atoms with Gasteiger partial charge in [-0.1, -0.05) is 36.7 Å². The molecule has 2 saturated heterocycles. The van der Waals surface area contributed by atoms with Crippen molar-refractivity contribution in [1.29, 1.82) is 0 Å². The molecule has 2 aliphatic rings. The number of thioether (sulfide) groups is 1. The largest absolute Gasteiger partial charge is 0.338 e. The van der Waals surface area contributed by atoms with Crippen LogP contribution in [0, 0.1) is 0 Å². The molecular weight excluding hydrogens is 396 g/mol. The van der Waals surface area contributed by atoms with Crippen LogP contribution in [0.15, 0.2) is 24.3 Å². The number of rotatable bonds is 6. The third kappa shape index (κ3) is 4.93. The van der Waals surface area contributed by atoms with Crippen molar-refractivity contribution in [2.24, 2.45) is 0 Å². The number of amides is 3. The fourth-order valence-corrected chi connectivity index (χ4v) is 5.24. The molecule has 0 unspecified atom stereocenters. The highest BCUT2D eigenvalue weighted by atomic mass is 35.5. The molecule has 8 heteroatoms. The van der Waals surface area contributed by atoms with Crippen LogP contribution in [0.4, 0.5) is 4.79 Å². The van der Waals surface area contributed by atoms with Crippen LogP contribution in [0.3, 0.4) is 0 Å². The molecule has 0 spiro atoms. The first-order valence-corrected chi connectivity index (χ1v) is 11.3. The number of benzene rings is 1. The lowest BCUT2D eigenvalue weighted by Crippen LogP contribution is -2.53. The van der Waals surface area contributed by atoms with Crippen molar-refractivity contribution >= 4 is 35.3 Å². The van der Waals surface area contributed by atoms with E-state index in [4.69, 9.17) is 11.6 Å². The van der Waals surface area contributed by atoms with E-state index in [1.807, 2.05) is 47.9 Å². The maximum absolute atomic E-state index is 12.7. The molecule has 2 atom stereocenters. The van der Waals surface area contributed by atoms with Gasteiger partial charge >= 0.3 is 6.03 Å². The number of carbonyl (C=O) groups excluding carboxylic acids is 2. The molecule has 3 rings (SSSR count). The minimum Gasteiger partial charge on any atom is -0.338 e. The summed E-state index contributed by atoms with van der Waals surface area (Å²) in [6, 6.07) is 7.80. The van der Waals surface area contributed by atoms with Crippen molar-refractivity contribution < 1.29 is 9.59 Å². The van der Waals surface area contributed by atoms with Crippen LogP contribution in [-0.4, -0.2) is 77.7 Å². The summed E-state index contributed by atoms with van der Waals surface area (Å²) in [5.41, 5.74) is 1.00. The van der Waals surface area contributed by atoms with Crippen LogP contribution in [-0.2, 0) is 4.79 Å². The Bertz CT molecular complexity index is 697. The van der Waals surface area contributed by atoms with Crippen molar-refractivity contribution in [2.45, 2.75) is 30.9 Å². The van der Waals surface area contributed by atoms with E-state index in [9.17, 15) is 9.59 Å². The molecule has 0 aliphatic carbocycles. The Kier molecular flexibility index (Phi) is 7.48. The topological polar surface area (TPSA) is 55.9 Å². The monoisotopic (exact) mass is 424 g/mol. The van der Waals surface area contributed by atoms with Crippen LogP contribution in [0.25, 0.3) is 0 Å². The molecular formula is C20H29ClN4O2S. The molecule has 28 heavy (non-hydrogen) atoms. The Labute approximate surface area is 176 Å². The molecule has 0 radical (unpaired) electrons. The molecule has 2 fully saturated rings. The summed E-state index contributed by atoms with van der Waals surface area (Å²) in [6.07, 6.45) is 0.943. The Hall–Kier alpha value is -1.44. The Morgan fingerprint density at radius 3 is 2.61 bits per heavy atom. The molecule has 154 valence electrons. The van der Waals surface area contributed by atoms with Gasteiger partial charge in [0.2, 0.25) is 5.91 Å². The number of hydrogen-bond acceptors (Lipinski definition) is 4. The lowest BCUT2D eigenvalue weighted by molar-refractivity contribution is -0.130. The second-order valence-corrected chi connectivity index (χ2v) is 9.08. The predicted molar refractivity (Wildman–Crippen MR) is 115 cm³/mol. The van der Waals surface area contributed by atoms with Gasteiger partial charge in [-0.25, -0.2) is 4.79 Å². The maximum atomic E-state index is 12.7. The zero-order valence-corrected chi connectivity index (χ0v) is 18.1. The minimum absolute atomic E-state index is 0.0280. The second-order valence-electron chi connectivity index (χ2n) is 7.24. The molecule has 6 nitrogen and oxygen atoms in total. The number of hydrogen-bond donors (Lipinski definition) is 1. The Balaban J connectivity index is 1.54. The first kappa shape index (κ1) is 21.3. The lowest BCUT2D eigenvalue weighted by Gasteiger charge is -2.36. The van der Waals surface area contributed by atoms with E-state index < -0.39 is 0 Å². The van der Waals surface area contributed by atoms with E-state index in [2.05, 4.69) is 10.2 Å². The summed E-state index contributed by atoms with van der Waals surface area (Å²) in [6.45, 7) is 9.33. The van der Waals surface area contributed by atoms with E-state index >= 15 is 0 Å². The van der Waals surface area contributed by atoms with Gasteiger partial charge in [-0.2, -0.15) is 0 Å². The fraction of sp³-hybridized carbons (Fsp3) is 0.600. The van der Waals surface area contributed by atoms with Gasteiger partial charge < -0.3 is 15.1 Å². The quantitative estimate of drug-likeness (QED) is 0.762. The highest BCUT2D eigenvalue weighted by Gasteiger charge is 2.39. The van der Waals surface area contributed by atoms with Gasteiger partial charge in [0.05, 0.1) is 5.25 Å². The standard InChI is InChI=1S/C20H29ClN4O2S/c1-3-8-22-20(27)24-12-9-23(10-13-24)11-14-25-18(26)15(2)28-19(25)16-6-4-5-7-17(16)21/h4-7,15,19H,3,8-14H2,1-2H3,(H,22,27)/t15-,19+/m1/s1. The molecule has 1 aromatic carbocycles. The molecule has 0 aromatic heterocycles. The fourth-order valence-electron chi connectivity index (χ4n) is 3.59. The van der Waals surface area contributed by atoms with Gasteiger partial charge in [0, 0.05) is 56.4 Å². The lowest BCUT2D eigenvalue weighted by atomic mass is 10.2. The molecule has 3 amide bonds. The normalized spacial score (nSPS) is 23.3. The SMILES string of the molecule is CCCNC(=O)N1CCN(CCN2C(=O)[C@@H](C)S[C@H]2c2ccccc2Cl)CC1. The van der Waals surface area contributed by atoms with Crippen molar-refractivity contribution in [2.75, 3.05) is 45.8 Å². The molecule has 0 bridgehead atoms. The zero-order chi connectivity index (χ0) is 20.1. The number of halogens is 1. The van der Waals surface area contributed by atoms with E-state index in [0.717, 1.165) is 51.3 Å². The first-order chi connectivity index (χ1) is 13.5. The van der Waals surface area contributed by atoms with Crippen molar-refractivity contribution in [3.8, 4) is 0 Å². The Morgan fingerprint density at radius 2 is 1.93 bits per heavy atom. The first-order valence-electron chi connectivity index (χ1n) is 9.96. The molecule has 1 N–H and O–H groups in total. The number of nitrogens with zero attached hydrogens (tertiary/aromatic N) is 3. The number of piperazine rings is 1. The van der Waals surface area contributed by atoms with Gasteiger partial charge in [-0.3, -0.25) is 9.69 Å². The van der Waals surface area contributed by atoms with Gasteiger partial charge in [0.1, 0.15) is 5.37 Å². The molecule has 0 saturated carbocycles. The highest BCUT2D eigenvalue weighted by Crippen LogP contribution is 2.44. The van der Waals surface area contributed by atoms with E-state index in [1.165, 1.54) is 0 Å². The van der Waals surface area contributed by atoms with Gasteiger partial charge in [-0.05, 0) is 19.4 Å². The number of nitrogens with one attached hydrogen (secondary N) is 1. The molecule has 1 aromatic rings. The molecule has 2 aliphatic heterocycles. The average Bonchev–Trinajstić information content (AvgIpc) is 2.99. The number of urea groups is 1. The third-order valence-electron chi connectivity index (χ3n) is 5.26. The van der Waals surface area contributed by atoms with E-state index in [1.54, 1.807) is 11.8 Å². The van der Waals surface area contributed by atoms with Crippen LogP contribution in [0.2, 0.25) is 5.02 Å². The molecule has 2 heterocycles. The van der Waals surface area contributed by atoms with Crippen LogP contribution in [0.5, 0.6) is 0 Å². The van der Waals surface area contributed by atoms with Crippen molar-refractivity contribution in [3.63, 3.8) is 0 Å². The average molecular weight is 425 g/mol. The Morgan fingerprint density at radius 1 is 1.21 bits per heavy atom. The second kappa shape index (κ2) is 9.85. The van der Waals surface area contributed by atoms with E-state index in [-0.39, 0.29) is 22.6 Å². The summed E-state index contributed by atoms with van der Waals surface area (Å²) in [5.74, 6) is 0.174. The van der Waals surface area contributed by atoms with Crippen LogP contribution < -0.4 is 5.32 Å². The minimum atomic E-state index is -0.0552. The van der Waals surface area contributed by atoms with Gasteiger partial charge in [0.15, 0.2) is 0 Å². The smallest absolute Gasteiger partial charge is 0.317 e. The zero-order valence-electron chi connectivity index (χ0n) is 16.6. The van der Waals surface area contributed by atoms with Crippen LogP contribution >= 0.6 is 23.4 Å². The van der Waals surface area contributed by atoms with Crippen molar-refractivity contribution in [3.05, 3.63) is 34.9 Å².